The van der Waals surface area contributed by atoms with E-state index in [1.165, 1.54) is 4.57 Å². The third-order valence-electron chi connectivity index (χ3n) is 5.53. The van der Waals surface area contributed by atoms with Crippen LogP contribution >= 0.6 is 35.0 Å². The Morgan fingerprint density at radius 3 is 2.30 bits per heavy atom. The van der Waals surface area contributed by atoms with Gasteiger partial charge in [0.15, 0.2) is 10.9 Å². The monoisotopic (exact) mass is 555 g/mol. The Kier molecular flexibility index (Phi) is 9.00. The van der Waals surface area contributed by atoms with Gasteiger partial charge in [0.1, 0.15) is 0 Å². The van der Waals surface area contributed by atoms with Crippen LogP contribution in [0, 0.1) is 0 Å². The zero-order chi connectivity index (χ0) is 26.4. The number of halogens is 2. The molecule has 1 N–H and O–H groups in total. The molecular weight excluding hydrogens is 533 g/mol. The number of fused-ring (bicyclic) bond motifs is 1. The van der Waals surface area contributed by atoms with E-state index in [9.17, 15) is 14.4 Å². The number of ketones is 1. The number of aromatic nitrogens is 2. The molecule has 0 bridgehead atoms. The Labute approximate surface area is 227 Å². The summed E-state index contributed by atoms with van der Waals surface area (Å²) in [5.41, 5.74) is 1.84. The lowest BCUT2D eigenvalue weighted by Gasteiger charge is -2.14. The minimum atomic E-state index is -0.293. The highest BCUT2D eigenvalue weighted by molar-refractivity contribution is 7.99. The number of rotatable bonds is 10. The number of amides is 1. The molecule has 0 atom stereocenters. The van der Waals surface area contributed by atoms with Crippen LogP contribution in [0.1, 0.15) is 26.3 Å². The van der Waals surface area contributed by atoms with E-state index in [4.69, 9.17) is 32.9 Å². The second kappa shape index (κ2) is 12.4. The zero-order valence-corrected chi connectivity index (χ0v) is 22.2. The van der Waals surface area contributed by atoms with E-state index in [1.807, 2.05) is 12.1 Å². The van der Waals surface area contributed by atoms with Crippen molar-refractivity contribution in [3.05, 3.63) is 104 Å². The van der Waals surface area contributed by atoms with Gasteiger partial charge in [0.05, 0.1) is 29.8 Å². The second-order valence-electron chi connectivity index (χ2n) is 8.11. The van der Waals surface area contributed by atoms with E-state index >= 15 is 0 Å². The number of carbonyl (C=O) groups is 2. The summed E-state index contributed by atoms with van der Waals surface area (Å²) in [5, 5.41) is 4.63. The lowest BCUT2D eigenvalue weighted by Crippen LogP contribution is -2.27. The molecule has 0 spiro atoms. The predicted octanol–water partition coefficient (Wildman–Crippen LogP) is 5.10. The largest absolute Gasteiger partial charge is 0.383 e. The first-order valence-electron chi connectivity index (χ1n) is 11.3. The molecule has 4 rings (SSSR count). The molecular formula is C27H23Cl2N3O4S. The van der Waals surface area contributed by atoms with Crippen LogP contribution in [0.25, 0.3) is 10.9 Å². The molecule has 0 radical (unpaired) electrons. The van der Waals surface area contributed by atoms with Gasteiger partial charge in [-0.05, 0) is 60.2 Å². The van der Waals surface area contributed by atoms with E-state index in [1.54, 1.807) is 61.7 Å². The average Bonchev–Trinajstić information content (AvgIpc) is 2.90. The molecule has 4 aromatic rings. The molecule has 0 fully saturated rings. The topological polar surface area (TPSA) is 90.3 Å². The predicted molar refractivity (Wildman–Crippen MR) is 147 cm³/mol. The molecule has 1 heterocycles. The summed E-state index contributed by atoms with van der Waals surface area (Å²) in [4.78, 5) is 43.5. The Hall–Kier alpha value is -3.17. The molecule has 1 amide bonds. The molecule has 37 heavy (non-hydrogen) atoms. The Bertz CT molecular complexity index is 1490. The summed E-state index contributed by atoms with van der Waals surface area (Å²) in [6.45, 7) is 0.989. The minimum Gasteiger partial charge on any atom is -0.383 e. The van der Waals surface area contributed by atoms with Crippen LogP contribution in [-0.4, -0.2) is 47.3 Å². The Morgan fingerprint density at radius 1 is 0.973 bits per heavy atom. The van der Waals surface area contributed by atoms with Gasteiger partial charge in [0.2, 0.25) is 0 Å². The average molecular weight is 556 g/mol. The molecule has 0 unspecified atom stereocenters. The summed E-state index contributed by atoms with van der Waals surface area (Å²) in [6, 6.07) is 18.6. The standard InChI is InChI=1S/C27H23Cl2N3O4S/c1-36-13-12-30-25(34)19-6-11-22-23(14-19)31-27(37-16-24(33)18-4-9-21(29)10-5-18)32(26(22)35)15-17-2-7-20(28)8-3-17/h2-11,14H,12-13,15-16H2,1H3,(H,30,34). The van der Waals surface area contributed by atoms with Gasteiger partial charge in [-0.15, -0.1) is 0 Å². The van der Waals surface area contributed by atoms with Gasteiger partial charge in [-0.3, -0.25) is 19.0 Å². The fraction of sp³-hybridized carbons (Fsp3) is 0.185. The van der Waals surface area contributed by atoms with Crippen molar-refractivity contribution in [2.75, 3.05) is 26.0 Å². The summed E-state index contributed by atoms with van der Waals surface area (Å²) >= 11 is 13.1. The zero-order valence-electron chi connectivity index (χ0n) is 19.9. The van der Waals surface area contributed by atoms with Gasteiger partial charge in [0, 0.05) is 34.8 Å². The maximum Gasteiger partial charge on any atom is 0.262 e. The lowest BCUT2D eigenvalue weighted by atomic mass is 10.1. The van der Waals surface area contributed by atoms with Crippen LogP contribution in [0.3, 0.4) is 0 Å². The third kappa shape index (κ3) is 6.78. The van der Waals surface area contributed by atoms with Gasteiger partial charge in [-0.2, -0.15) is 0 Å². The van der Waals surface area contributed by atoms with Crippen LogP contribution in [0.15, 0.2) is 76.7 Å². The van der Waals surface area contributed by atoms with Gasteiger partial charge in [-0.1, -0.05) is 47.1 Å². The molecule has 7 nitrogen and oxygen atoms in total. The summed E-state index contributed by atoms with van der Waals surface area (Å²) in [6.07, 6.45) is 0. The number of carbonyl (C=O) groups excluding carboxylic acids is 2. The van der Waals surface area contributed by atoms with Crippen molar-refractivity contribution in [3.63, 3.8) is 0 Å². The van der Waals surface area contributed by atoms with Gasteiger partial charge < -0.3 is 10.1 Å². The minimum absolute atomic E-state index is 0.0669. The molecule has 0 saturated heterocycles. The molecule has 0 saturated carbocycles. The molecule has 0 aliphatic carbocycles. The number of Topliss-reactive ketones (excluding diaryl/α,β-unsaturated/α-hetero) is 1. The fourth-order valence-corrected chi connectivity index (χ4v) is 4.73. The number of nitrogens with zero attached hydrogens (tertiary/aromatic N) is 2. The lowest BCUT2D eigenvalue weighted by molar-refractivity contribution is 0.0936. The molecule has 0 aliphatic heterocycles. The summed E-state index contributed by atoms with van der Waals surface area (Å²) < 4.78 is 6.50. The number of methoxy groups -OCH3 is 1. The molecule has 0 aliphatic rings. The fourth-order valence-electron chi connectivity index (χ4n) is 3.58. The second-order valence-corrected chi connectivity index (χ2v) is 9.93. The van der Waals surface area contributed by atoms with E-state index in [0.29, 0.717) is 50.4 Å². The SMILES string of the molecule is COCCNC(=O)c1ccc2c(=O)n(Cc3ccc(Cl)cc3)c(SCC(=O)c3ccc(Cl)cc3)nc2c1. The van der Waals surface area contributed by atoms with Gasteiger partial charge in [-0.25, -0.2) is 4.98 Å². The summed E-state index contributed by atoms with van der Waals surface area (Å²) in [7, 11) is 1.55. The maximum absolute atomic E-state index is 13.5. The highest BCUT2D eigenvalue weighted by atomic mass is 35.5. The van der Waals surface area contributed by atoms with Crippen molar-refractivity contribution in [3.8, 4) is 0 Å². The van der Waals surface area contributed by atoms with Crippen LogP contribution < -0.4 is 10.9 Å². The third-order valence-corrected chi connectivity index (χ3v) is 7.01. The van der Waals surface area contributed by atoms with Crippen LogP contribution in [-0.2, 0) is 11.3 Å². The molecule has 190 valence electrons. The first-order chi connectivity index (χ1) is 17.9. The number of ether oxygens (including phenoxy) is 1. The van der Waals surface area contributed by atoms with E-state index < -0.39 is 0 Å². The van der Waals surface area contributed by atoms with Crippen molar-refractivity contribution in [2.45, 2.75) is 11.7 Å². The molecule has 10 heteroatoms. The first-order valence-corrected chi connectivity index (χ1v) is 13.1. The summed E-state index contributed by atoms with van der Waals surface area (Å²) in [5.74, 6) is -0.351. The smallest absolute Gasteiger partial charge is 0.262 e. The van der Waals surface area contributed by atoms with Gasteiger partial charge >= 0.3 is 0 Å². The highest BCUT2D eigenvalue weighted by Crippen LogP contribution is 2.22. The highest BCUT2D eigenvalue weighted by Gasteiger charge is 2.16. The van der Waals surface area contributed by atoms with Crippen molar-refractivity contribution < 1.29 is 14.3 Å². The molecule has 3 aromatic carbocycles. The van der Waals surface area contributed by atoms with Crippen LogP contribution in [0.4, 0.5) is 0 Å². The van der Waals surface area contributed by atoms with Crippen LogP contribution in [0.5, 0.6) is 0 Å². The van der Waals surface area contributed by atoms with E-state index in [2.05, 4.69) is 5.32 Å². The Morgan fingerprint density at radius 2 is 1.62 bits per heavy atom. The number of hydrogen-bond acceptors (Lipinski definition) is 6. The van der Waals surface area contributed by atoms with Crippen molar-refractivity contribution in [1.29, 1.82) is 0 Å². The van der Waals surface area contributed by atoms with E-state index in [0.717, 1.165) is 17.3 Å². The van der Waals surface area contributed by atoms with Crippen molar-refractivity contribution in [2.24, 2.45) is 0 Å². The van der Waals surface area contributed by atoms with E-state index in [-0.39, 0.29) is 29.5 Å². The quantitative estimate of drug-likeness (QED) is 0.127. The maximum atomic E-state index is 13.5. The number of thioether (sulfide) groups is 1. The number of nitrogens with one attached hydrogen (secondary N) is 1. The Balaban J connectivity index is 1.69. The van der Waals surface area contributed by atoms with Crippen LogP contribution in [0.2, 0.25) is 10.0 Å². The van der Waals surface area contributed by atoms with Crippen molar-refractivity contribution >= 4 is 57.6 Å². The van der Waals surface area contributed by atoms with Gasteiger partial charge in [0.25, 0.3) is 11.5 Å². The molecule has 1 aromatic heterocycles. The van der Waals surface area contributed by atoms with Crippen molar-refractivity contribution in [1.82, 2.24) is 14.9 Å². The normalized spacial score (nSPS) is 11.0. The first kappa shape index (κ1) is 26.9. The number of benzene rings is 3. The number of hydrogen-bond donors (Lipinski definition) is 1.